The van der Waals surface area contributed by atoms with E-state index in [1.54, 1.807) is 11.3 Å². The van der Waals surface area contributed by atoms with Crippen LogP contribution in [0.3, 0.4) is 0 Å². The van der Waals surface area contributed by atoms with E-state index in [-0.39, 0.29) is 0 Å². The third-order valence-electron chi connectivity index (χ3n) is 1.89. The monoisotopic (exact) mass is 243 g/mol. The lowest BCUT2D eigenvalue weighted by molar-refractivity contribution is 0.474. The smallest absolute Gasteiger partial charge is 0.169 e. The van der Waals surface area contributed by atoms with Crippen molar-refractivity contribution in [2.24, 2.45) is 5.92 Å². The van der Waals surface area contributed by atoms with E-state index >= 15 is 0 Å². The molecule has 1 rings (SSSR count). The SMILES string of the molecule is CC(C)CNC(=S)N(C)Cc1cscn1. The van der Waals surface area contributed by atoms with Crippen LogP contribution < -0.4 is 5.32 Å². The molecule has 0 aliphatic carbocycles. The van der Waals surface area contributed by atoms with Gasteiger partial charge in [-0.2, -0.15) is 0 Å². The van der Waals surface area contributed by atoms with Gasteiger partial charge in [-0.05, 0) is 18.1 Å². The Hall–Kier alpha value is -0.680. The maximum Gasteiger partial charge on any atom is 0.169 e. The maximum absolute atomic E-state index is 5.26. The molecule has 0 amide bonds. The van der Waals surface area contributed by atoms with Gasteiger partial charge < -0.3 is 10.2 Å². The molecule has 1 N–H and O–H groups in total. The van der Waals surface area contributed by atoms with Gasteiger partial charge in [0.1, 0.15) is 0 Å². The minimum atomic E-state index is 0.607. The second kappa shape index (κ2) is 6.02. The van der Waals surface area contributed by atoms with Gasteiger partial charge in [-0.25, -0.2) is 4.98 Å². The molecule has 0 bridgehead atoms. The van der Waals surface area contributed by atoms with Crippen molar-refractivity contribution in [3.8, 4) is 0 Å². The van der Waals surface area contributed by atoms with Crippen LogP contribution in [0.4, 0.5) is 0 Å². The molecule has 15 heavy (non-hydrogen) atoms. The molecule has 0 spiro atoms. The molecule has 0 aliphatic heterocycles. The van der Waals surface area contributed by atoms with Gasteiger partial charge in [-0.3, -0.25) is 0 Å². The quantitative estimate of drug-likeness (QED) is 0.820. The van der Waals surface area contributed by atoms with Gasteiger partial charge in [0.25, 0.3) is 0 Å². The number of nitrogens with zero attached hydrogens (tertiary/aromatic N) is 2. The fraction of sp³-hybridized carbons (Fsp3) is 0.600. The lowest BCUT2D eigenvalue weighted by atomic mass is 10.2. The fourth-order valence-corrected chi connectivity index (χ4v) is 1.75. The minimum Gasteiger partial charge on any atom is -0.362 e. The third kappa shape index (κ3) is 4.57. The molecule has 0 aromatic carbocycles. The largest absolute Gasteiger partial charge is 0.362 e. The molecule has 84 valence electrons. The Morgan fingerprint density at radius 3 is 2.93 bits per heavy atom. The van der Waals surface area contributed by atoms with Gasteiger partial charge in [-0.1, -0.05) is 13.8 Å². The molecular formula is C10H17N3S2. The number of thiazole rings is 1. The first-order chi connectivity index (χ1) is 7.09. The van der Waals surface area contributed by atoms with Crippen molar-refractivity contribution < 1.29 is 0 Å². The first-order valence-corrected chi connectivity index (χ1v) is 6.30. The Bertz CT molecular complexity index is 296. The Morgan fingerprint density at radius 1 is 1.67 bits per heavy atom. The fourth-order valence-electron chi connectivity index (χ4n) is 1.06. The molecule has 1 aromatic rings. The highest BCUT2D eigenvalue weighted by molar-refractivity contribution is 7.80. The Balaban J connectivity index is 2.33. The van der Waals surface area contributed by atoms with Crippen LogP contribution in [0.2, 0.25) is 0 Å². The summed E-state index contributed by atoms with van der Waals surface area (Å²) >= 11 is 6.87. The molecule has 0 aliphatic rings. The second-order valence-electron chi connectivity index (χ2n) is 3.92. The summed E-state index contributed by atoms with van der Waals surface area (Å²) in [5, 5.41) is 6.06. The highest BCUT2D eigenvalue weighted by Gasteiger charge is 2.06. The Morgan fingerprint density at radius 2 is 2.40 bits per heavy atom. The maximum atomic E-state index is 5.26. The topological polar surface area (TPSA) is 28.2 Å². The van der Waals surface area contributed by atoms with E-state index in [4.69, 9.17) is 12.2 Å². The molecule has 0 saturated heterocycles. The van der Waals surface area contributed by atoms with Gasteiger partial charge in [-0.15, -0.1) is 11.3 Å². The molecule has 0 fully saturated rings. The van der Waals surface area contributed by atoms with Gasteiger partial charge >= 0.3 is 0 Å². The molecule has 1 aromatic heterocycles. The zero-order chi connectivity index (χ0) is 11.3. The van der Waals surface area contributed by atoms with Crippen molar-refractivity contribution in [1.29, 1.82) is 0 Å². The van der Waals surface area contributed by atoms with Crippen molar-refractivity contribution in [2.75, 3.05) is 13.6 Å². The predicted molar refractivity (Wildman–Crippen MR) is 69.0 cm³/mol. The summed E-state index contributed by atoms with van der Waals surface area (Å²) in [5.74, 6) is 0.607. The van der Waals surface area contributed by atoms with Crippen LogP contribution in [0.15, 0.2) is 10.9 Å². The first kappa shape index (κ1) is 12.4. The van der Waals surface area contributed by atoms with Crippen molar-refractivity contribution >= 4 is 28.7 Å². The highest BCUT2D eigenvalue weighted by atomic mass is 32.1. The number of aromatic nitrogens is 1. The van der Waals surface area contributed by atoms with Gasteiger partial charge in [0.05, 0.1) is 17.7 Å². The molecule has 1 heterocycles. The Kier molecular flexibility index (Phi) is 4.98. The van der Waals surface area contributed by atoms with Crippen LogP contribution in [-0.4, -0.2) is 28.6 Å². The summed E-state index contributed by atoms with van der Waals surface area (Å²) in [6, 6.07) is 0. The van der Waals surface area contributed by atoms with Crippen LogP contribution in [-0.2, 0) is 6.54 Å². The average molecular weight is 243 g/mol. The van der Waals surface area contributed by atoms with Crippen LogP contribution in [0, 0.1) is 5.92 Å². The van der Waals surface area contributed by atoms with Crippen molar-refractivity contribution in [2.45, 2.75) is 20.4 Å². The van der Waals surface area contributed by atoms with Gasteiger partial charge in [0.2, 0.25) is 0 Å². The number of hydrogen-bond donors (Lipinski definition) is 1. The van der Waals surface area contributed by atoms with E-state index in [1.807, 2.05) is 22.8 Å². The van der Waals surface area contributed by atoms with E-state index < -0.39 is 0 Å². The minimum absolute atomic E-state index is 0.607. The van der Waals surface area contributed by atoms with Gasteiger partial charge in [0.15, 0.2) is 5.11 Å². The highest BCUT2D eigenvalue weighted by Crippen LogP contribution is 2.04. The van der Waals surface area contributed by atoms with Crippen molar-refractivity contribution in [3.63, 3.8) is 0 Å². The van der Waals surface area contributed by atoms with E-state index in [9.17, 15) is 0 Å². The van der Waals surface area contributed by atoms with Crippen molar-refractivity contribution in [3.05, 3.63) is 16.6 Å². The van der Waals surface area contributed by atoms with Crippen LogP contribution >= 0.6 is 23.6 Å². The molecule has 0 radical (unpaired) electrons. The summed E-state index contributed by atoms with van der Waals surface area (Å²) in [6.07, 6.45) is 0. The second-order valence-corrected chi connectivity index (χ2v) is 5.02. The number of hydrogen-bond acceptors (Lipinski definition) is 3. The van der Waals surface area contributed by atoms with E-state index in [0.29, 0.717) is 5.92 Å². The molecule has 5 heteroatoms. The summed E-state index contributed by atoms with van der Waals surface area (Å²) < 4.78 is 0. The van der Waals surface area contributed by atoms with E-state index in [2.05, 4.69) is 24.1 Å². The van der Waals surface area contributed by atoms with Gasteiger partial charge in [0, 0.05) is 19.0 Å². The first-order valence-electron chi connectivity index (χ1n) is 4.95. The number of thiocarbonyl (C=S) groups is 1. The zero-order valence-electron chi connectivity index (χ0n) is 9.36. The van der Waals surface area contributed by atoms with Crippen LogP contribution in [0.5, 0.6) is 0 Å². The Labute approximate surface area is 101 Å². The third-order valence-corrected chi connectivity index (χ3v) is 2.98. The number of rotatable bonds is 4. The molecule has 0 saturated carbocycles. The molecule has 0 atom stereocenters. The lowest BCUT2D eigenvalue weighted by Gasteiger charge is -2.20. The van der Waals surface area contributed by atoms with E-state index in [1.165, 1.54) is 0 Å². The normalized spacial score (nSPS) is 10.4. The average Bonchev–Trinajstić information content (AvgIpc) is 2.66. The zero-order valence-corrected chi connectivity index (χ0v) is 11.0. The van der Waals surface area contributed by atoms with E-state index in [0.717, 1.165) is 23.9 Å². The standard InChI is InChI=1S/C10H17N3S2/c1-8(2)4-11-10(14)13(3)5-9-6-15-7-12-9/h6-8H,4-5H2,1-3H3,(H,11,14). The summed E-state index contributed by atoms with van der Waals surface area (Å²) in [4.78, 5) is 6.23. The van der Waals surface area contributed by atoms with Crippen LogP contribution in [0.25, 0.3) is 0 Å². The molecule has 3 nitrogen and oxygen atoms in total. The summed E-state index contributed by atoms with van der Waals surface area (Å²) in [6.45, 7) is 6.01. The lowest BCUT2D eigenvalue weighted by Crippen LogP contribution is -2.38. The number of nitrogens with one attached hydrogen (secondary N) is 1. The summed E-state index contributed by atoms with van der Waals surface area (Å²) in [7, 11) is 1.98. The molecular weight excluding hydrogens is 226 g/mol. The van der Waals surface area contributed by atoms with Crippen LogP contribution in [0.1, 0.15) is 19.5 Å². The predicted octanol–water partition coefficient (Wildman–Crippen LogP) is 2.11. The van der Waals surface area contributed by atoms with Crippen molar-refractivity contribution in [1.82, 2.24) is 15.2 Å². The molecule has 0 unspecified atom stereocenters. The summed E-state index contributed by atoms with van der Waals surface area (Å²) in [5.41, 5.74) is 2.91.